The third kappa shape index (κ3) is 1.70. The lowest BCUT2D eigenvalue weighted by Gasteiger charge is -2.35. The minimum atomic E-state index is 0.847. The Labute approximate surface area is 87.3 Å². The third-order valence-electron chi connectivity index (χ3n) is 4.07. The molecule has 2 nitrogen and oxygen atoms in total. The lowest BCUT2D eigenvalue weighted by Crippen LogP contribution is -2.47. The SMILES string of the molecule is C1CCN(C(C2CC2)N2CCCC2)C1. The van der Waals surface area contributed by atoms with Gasteiger partial charge in [0, 0.05) is 0 Å². The lowest BCUT2D eigenvalue weighted by molar-refractivity contribution is 0.0612. The van der Waals surface area contributed by atoms with Crippen molar-refractivity contribution in [2.75, 3.05) is 26.2 Å². The first kappa shape index (κ1) is 9.17. The second kappa shape index (κ2) is 3.82. The van der Waals surface area contributed by atoms with Crippen LogP contribution in [0, 0.1) is 5.92 Å². The van der Waals surface area contributed by atoms with Gasteiger partial charge in [-0.2, -0.15) is 0 Å². The standard InChI is InChI=1S/C12H22N2/c1-2-8-13(7-1)12(11-5-6-11)14-9-3-4-10-14/h11-12H,1-10H2. The molecule has 14 heavy (non-hydrogen) atoms. The summed E-state index contributed by atoms with van der Waals surface area (Å²) >= 11 is 0. The molecule has 2 heteroatoms. The van der Waals surface area contributed by atoms with Crippen LogP contribution in [0.4, 0.5) is 0 Å². The van der Waals surface area contributed by atoms with Gasteiger partial charge in [0.25, 0.3) is 0 Å². The molecule has 1 saturated carbocycles. The zero-order valence-corrected chi connectivity index (χ0v) is 9.12. The van der Waals surface area contributed by atoms with E-state index in [0.29, 0.717) is 0 Å². The highest BCUT2D eigenvalue weighted by Crippen LogP contribution is 2.39. The molecule has 3 fully saturated rings. The van der Waals surface area contributed by atoms with Crippen molar-refractivity contribution in [1.82, 2.24) is 9.80 Å². The van der Waals surface area contributed by atoms with Crippen LogP contribution < -0.4 is 0 Å². The van der Waals surface area contributed by atoms with Gasteiger partial charge < -0.3 is 0 Å². The molecule has 2 aliphatic heterocycles. The van der Waals surface area contributed by atoms with Crippen LogP contribution in [0.1, 0.15) is 38.5 Å². The summed E-state index contributed by atoms with van der Waals surface area (Å²) in [7, 11) is 0. The molecule has 0 radical (unpaired) electrons. The predicted molar refractivity (Wildman–Crippen MR) is 58.1 cm³/mol. The molecule has 3 aliphatic rings. The molecule has 80 valence electrons. The summed E-state index contributed by atoms with van der Waals surface area (Å²) in [6, 6.07) is 0. The average molecular weight is 194 g/mol. The van der Waals surface area contributed by atoms with Crippen molar-refractivity contribution in [2.45, 2.75) is 44.7 Å². The molecule has 0 spiro atoms. The highest BCUT2D eigenvalue weighted by atomic mass is 15.4. The van der Waals surface area contributed by atoms with Gasteiger partial charge in [-0.1, -0.05) is 0 Å². The van der Waals surface area contributed by atoms with Crippen LogP contribution in [0.2, 0.25) is 0 Å². The van der Waals surface area contributed by atoms with Crippen LogP contribution in [-0.4, -0.2) is 42.1 Å². The zero-order valence-electron chi connectivity index (χ0n) is 9.12. The van der Waals surface area contributed by atoms with E-state index in [1.807, 2.05) is 0 Å². The zero-order chi connectivity index (χ0) is 9.38. The van der Waals surface area contributed by atoms with Crippen molar-refractivity contribution in [1.29, 1.82) is 0 Å². The van der Waals surface area contributed by atoms with E-state index in [9.17, 15) is 0 Å². The van der Waals surface area contributed by atoms with Crippen molar-refractivity contribution >= 4 is 0 Å². The lowest BCUT2D eigenvalue weighted by atomic mass is 10.2. The number of nitrogens with zero attached hydrogens (tertiary/aromatic N) is 2. The van der Waals surface area contributed by atoms with Crippen molar-refractivity contribution < 1.29 is 0 Å². The van der Waals surface area contributed by atoms with Crippen molar-refractivity contribution in [3.8, 4) is 0 Å². The monoisotopic (exact) mass is 194 g/mol. The molecule has 0 aromatic rings. The minimum Gasteiger partial charge on any atom is -0.288 e. The molecule has 3 rings (SSSR count). The molecule has 0 unspecified atom stereocenters. The second-order valence-electron chi connectivity index (χ2n) is 5.24. The highest BCUT2D eigenvalue weighted by molar-refractivity contribution is 4.91. The van der Waals surface area contributed by atoms with E-state index >= 15 is 0 Å². The van der Waals surface area contributed by atoms with Crippen molar-refractivity contribution in [3.63, 3.8) is 0 Å². The topological polar surface area (TPSA) is 6.48 Å². The Kier molecular flexibility index (Phi) is 2.50. The van der Waals surface area contributed by atoms with E-state index < -0.39 is 0 Å². The number of hydrogen-bond donors (Lipinski definition) is 0. The summed E-state index contributed by atoms with van der Waals surface area (Å²) in [5.74, 6) is 1.03. The second-order valence-corrected chi connectivity index (χ2v) is 5.24. The first-order valence-electron chi connectivity index (χ1n) is 6.43. The van der Waals surface area contributed by atoms with Gasteiger partial charge in [0.15, 0.2) is 0 Å². The first-order valence-corrected chi connectivity index (χ1v) is 6.43. The molecular weight excluding hydrogens is 172 g/mol. The summed E-state index contributed by atoms with van der Waals surface area (Å²) in [6.07, 6.45) is 9.61. The third-order valence-corrected chi connectivity index (χ3v) is 4.07. The number of hydrogen-bond acceptors (Lipinski definition) is 2. The smallest absolute Gasteiger partial charge is 0.0651 e. The van der Waals surface area contributed by atoms with Gasteiger partial charge in [0.1, 0.15) is 0 Å². The Bertz CT molecular complexity index is 172. The van der Waals surface area contributed by atoms with E-state index in [1.54, 1.807) is 0 Å². The van der Waals surface area contributed by atoms with Crippen LogP contribution in [0.5, 0.6) is 0 Å². The summed E-state index contributed by atoms with van der Waals surface area (Å²) in [5.41, 5.74) is 0. The maximum atomic E-state index is 2.77. The van der Waals surface area contributed by atoms with E-state index in [4.69, 9.17) is 0 Å². The van der Waals surface area contributed by atoms with Gasteiger partial charge in [0.05, 0.1) is 6.17 Å². The molecule has 0 N–H and O–H groups in total. The quantitative estimate of drug-likeness (QED) is 0.677. The van der Waals surface area contributed by atoms with Crippen molar-refractivity contribution in [2.24, 2.45) is 5.92 Å². The predicted octanol–water partition coefficient (Wildman–Crippen LogP) is 1.91. The van der Waals surface area contributed by atoms with E-state index in [2.05, 4.69) is 9.80 Å². The van der Waals surface area contributed by atoms with Gasteiger partial charge in [0.2, 0.25) is 0 Å². The summed E-state index contributed by atoms with van der Waals surface area (Å²) < 4.78 is 0. The molecule has 0 amide bonds. The Morgan fingerprint density at radius 1 is 0.714 bits per heavy atom. The molecule has 2 heterocycles. The van der Waals surface area contributed by atoms with Crippen LogP contribution in [0.3, 0.4) is 0 Å². The Hall–Kier alpha value is -0.0800. The van der Waals surface area contributed by atoms with Gasteiger partial charge in [-0.15, -0.1) is 0 Å². The first-order chi connectivity index (χ1) is 6.95. The fraction of sp³-hybridized carbons (Fsp3) is 1.00. The van der Waals surface area contributed by atoms with Crippen LogP contribution >= 0.6 is 0 Å². The van der Waals surface area contributed by atoms with Crippen LogP contribution in [0.15, 0.2) is 0 Å². The van der Waals surface area contributed by atoms with E-state index in [-0.39, 0.29) is 0 Å². The summed E-state index contributed by atoms with van der Waals surface area (Å²) in [5, 5.41) is 0. The fourth-order valence-electron chi connectivity index (χ4n) is 3.23. The van der Waals surface area contributed by atoms with Gasteiger partial charge in [-0.3, -0.25) is 9.80 Å². The average Bonchev–Trinajstić information content (AvgIpc) is 2.72. The Morgan fingerprint density at radius 2 is 1.14 bits per heavy atom. The van der Waals surface area contributed by atoms with E-state index in [0.717, 1.165) is 12.1 Å². The minimum absolute atomic E-state index is 0.847. The molecule has 0 atom stereocenters. The van der Waals surface area contributed by atoms with Crippen LogP contribution in [-0.2, 0) is 0 Å². The summed E-state index contributed by atoms with van der Waals surface area (Å²) in [4.78, 5) is 5.53. The van der Waals surface area contributed by atoms with E-state index in [1.165, 1.54) is 64.7 Å². The molecule has 0 aromatic carbocycles. The molecule has 2 saturated heterocycles. The molecule has 0 aromatic heterocycles. The molecular formula is C12H22N2. The van der Waals surface area contributed by atoms with Crippen molar-refractivity contribution in [3.05, 3.63) is 0 Å². The van der Waals surface area contributed by atoms with Gasteiger partial charge in [-0.05, 0) is 70.6 Å². The normalized spacial score (nSPS) is 30.6. The maximum absolute atomic E-state index is 2.77. The maximum Gasteiger partial charge on any atom is 0.0651 e. The molecule has 0 bridgehead atoms. The fourth-order valence-corrected chi connectivity index (χ4v) is 3.23. The number of likely N-dealkylation sites (tertiary alicyclic amines) is 2. The number of rotatable bonds is 3. The highest BCUT2D eigenvalue weighted by Gasteiger charge is 2.40. The van der Waals surface area contributed by atoms with Gasteiger partial charge >= 0.3 is 0 Å². The Morgan fingerprint density at radius 3 is 1.50 bits per heavy atom. The molecule has 1 aliphatic carbocycles. The largest absolute Gasteiger partial charge is 0.288 e. The summed E-state index contributed by atoms with van der Waals surface area (Å²) in [6.45, 7) is 5.49. The van der Waals surface area contributed by atoms with Gasteiger partial charge in [-0.25, -0.2) is 0 Å². The Balaban J connectivity index is 1.67. The van der Waals surface area contributed by atoms with Crippen LogP contribution in [0.25, 0.3) is 0 Å².